The van der Waals surface area contributed by atoms with Gasteiger partial charge in [-0.25, -0.2) is 16.5 Å². The van der Waals surface area contributed by atoms with Crippen LogP contribution in [-0.4, -0.2) is 16.9 Å². The largest absolute Gasteiger partial charge is 0.352 e. The minimum atomic E-state index is -0.797. The Morgan fingerprint density at radius 1 is 1.46 bits per heavy atom. The number of imide groups is 1. The molecule has 0 unspecified atom stereocenters. The number of nitrogens with one attached hydrogen (secondary N) is 1. The fourth-order valence-electron chi connectivity index (χ4n) is 0.715. The second-order valence-corrected chi connectivity index (χ2v) is 3.15. The quantitative estimate of drug-likeness (QED) is 0.321. The molecule has 0 aliphatic heterocycles. The lowest BCUT2D eigenvalue weighted by Crippen LogP contribution is -2.50. The normalized spacial score (nSPS) is 9.92. The molecule has 3 amide bonds. The van der Waals surface area contributed by atoms with Crippen LogP contribution in [0, 0.1) is 5.92 Å². The minimum absolute atomic E-state index is 0.252. The van der Waals surface area contributed by atoms with Crippen molar-refractivity contribution < 1.29 is 9.59 Å². The molecule has 0 atom stereocenters. The molecule has 6 nitrogen and oxygen atoms in total. The first-order valence-corrected chi connectivity index (χ1v) is 4.07. The van der Waals surface area contributed by atoms with Gasteiger partial charge in [-0.05, 0) is 12.3 Å². The molecule has 0 rings (SSSR count). The van der Waals surface area contributed by atoms with Gasteiger partial charge in [-0.3, -0.25) is 10.2 Å². The van der Waals surface area contributed by atoms with E-state index >= 15 is 0 Å². The van der Waals surface area contributed by atoms with Crippen LogP contribution in [0.25, 0.3) is 0 Å². The van der Waals surface area contributed by atoms with Crippen molar-refractivity contribution >= 4 is 11.9 Å². The number of hydrazine groups is 2. The van der Waals surface area contributed by atoms with Gasteiger partial charge in [0.05, 0.1) is 0 Å². The van der Waals surface area contributed by atoms with Crippen molar-refractivity contribution in [2.45, 2.75) is 26.7 Å². The number of hydrogen-bond acceptors (Lipinski definition) is 4. The fraction of sp³-hybridized carbons (Fsp3) is 0.714. The van der Waals surface area contributed by atoms with Gasteiger partial charge in [0, 0.05) is 6.42 Å². The molecule has 5 N–H and O–H groups in total. The number of rotatable bonds is 3. The number of nitrogens with two attached hydrogens (primary N) is 2. The zero-order valence-corrected chi connectivity index (χ0v) is 7.91. The minimum Gasteiger partial charge on any atom is -0.274 e. The average molecular weight is 188 g/mol. The topological polar surface area (TPSA) is 101 Å². The second kappa shape index (κ2) is 5.50. The van der Waals surface area contributed by atoms with Gasteiger partial charge in [-0.2, -0.15) is 5.01 Å². The van der Waals surface area contributed by atoms with E-state index in [-0.39, 0.29) is 6.42 Å². The van der Waals surface area contributed by atoms with Gasteiger partial charge in [-0.1, -0.05) is 13.8 Å². The standard InChI is InChI=1S/C7H16N4O2/c1-5(2)3-4-6(12)11(9)7(13)10-8/h5H,3-4,8-9H2,1-2H3,(H,10,13). The molecule has 0 aromatic carbocycles. The first-order valence-electron chi connectivity index (χ1n) is 4.07. The summed E-state index contributed by atoms with van der Waals surface area (Å²) in [6.45, 7) is 3.97. The molecule has 13 heavy (non-hydrogen) atoms. The van der Waals surface area contributed by atoms with E-state index in [1.807, 2.05) is 13.8 Å². The Balaban J connectivity index is 3.90. The molecule has 0 spiro atoms. The SMILES string of the molecule is CC(C)CCC(=O)N(N)C(=O)NN. The number of hydrogen-bond donors (Lipinski definition) is 3. The maximum absolute atomic E-state index is 11.1. The zero-order chi connectivity index (χ0) is 10.4. The molecule has 0 aromatic rings. The molecule has 0 fully saturated rings. The Bertz CT molecular complexity index is 193. The van der Waals surface area contributed by atoms with E-state index in [4.69, 9.17) is 11.7 Å². The molecule has 76 valence electrons. The Labute approximate surface area is 77.2 Å². The maximum atomic E-state index is 11.1. The first-order chi connectivity index (χ1) is 5.99. The number of carbonyl (C=O) groups excluding carboxylic acids is 2. The molecule has 0 radical (unpaired) electrons. The molecule has 6 heteroatoms. The van der Waals surface area contributed by atoms with Crippen molar-refractivity contribution in [1.29, 1.82) is 0 Å². The third-order valence-electron chi connectivity index (χ3n) is 1.55. The molecule has 0 aliphatic carbocycles. The van der Waals surface area contributed by atoms with Crippen molar-refractivity contribution in [2.24, 2.45) is 17.6 Å². The van der Waals surface area contributed by atoms with E-state index in [1.54, 1.807) is 5.43 Å². The van der Waals surface area contributed by atoms with Gasteiger partial charge >= 0.3 is 6.03 Å². The lowest BCUT2D eigenvalue weighted by molar-refractivity contribution is -0.128. The average Bonchev–Trinajstić information content (AvgIpc) is 2.11. The van der Waals surface area contributed by atoms with Crippen molar-refractivity contribution in [2.75, 3.05) is 0 Å². The smallest absolute Gasteiger partial charge is 0.274 e. The van der Waals surface area contributed by atoms with E-state index in [1.165, 1.54) is 0 Å². The van der Waals surface area contributed by atoms with Gasteiger partial charge in [0.2, 0.25) is 5.91 Å². The van der Waals surface area contributed by atoms with Crippen LogP contribution in [0.4, 0.5) is 4.79 Å². The van der Waals surface area contributed by atoms with Crippen LogP contribution < -0.4 is 17.1 Å². The van der Waals surface area contributed by atoms with Crippen LogP contribution >= 0.6 is 0 Å². The lowest BCUT2D eigenvalue weighted by atomic mass is 10.1. The van der Waals surface area contributed by atoms with E-state index in [0.29, 0.717) is 17.3 Å². The first kappa shape index (κ1) is 11.9. The van der Waals surface area contributed by atoms with E-state index in [9.17, 15) is 9.59 Å². The molecule has 0 aromatic heterocycles. The number of nitrogens with zero attached hydrogens (tertiary/aromatic N) is 1. The van der Waals surface area contributed by atoms with Gasteiger partial charge in [0.1, 0.15) is 0 Å². The Hall–Kier alpha value is -1.14. The molecule has 0 aliphatic rings. The van der Waals surface area contributed by atoms with Crippen molar-refractivity contribution in [3.8, 4) is 0 Å². The highest BCUT2D eigenvalue weighted by atomic mass is 16.2. The molecular weight excluding hydrogens is 172 g/mol. The van der Waals surface area contributed by atoms with Crippen molar-refractivity contribution in [1.82, 2.24) is 10.4 Å². The van der Waals surface area contributed by atoms with E-state index in [0.717, 1.165) is 0 Å². The fourth-order valence-corrected chi connectivity index (χ4v) is 0.715. The van der Waals surface area contributed by atoms with Gasteiger partial charge in [0.25, 0.3) is 0 Å². The van der Waals surface area contributed by atoms with Crippen LogP contribution in [0.5, 0.6) is 0 Å². The summed E-state index contributed by atoms with van der Waals surface area (Å²) in [6, 6.07) is -0.797. The number of carbonyl (C=O) groups is 2. The summed E-state index contributed by atoms with van der Waals surface area (Å²) >= 11 is 0. The predicted molar refractivity (Wildman–Crippen MR) is 47.8 cm³/mol. The van der Waals surface area contributed by atoms with E-state index < -0.39 is 11.9 Å². The van der Waals surface area contributed by atoms with Crippen LogP contribution in [0.3, 0.4) is 0 Å². The summed E-state index contributed by atoms with van der Waals surface area (Å²) in [5, 5.41) is 0.488. The summed E-state index contributed by atoms with van der Waals surface area (Å²) in [4.78, 5) is 21.9. The van der Waals surface area contributed by atoms with E-state index in [2.05, 4.69) is 0 Å². The predicted octanol–water partition coefficient (Wildman–Crippen LogP) is -0.292. The second-order valence-electron chi connectivity index (χ2n) is 3.15. The Kier molecular flexibility index (Phi) is 5.01. The summed E-state index contributed by atoms with van der Waals surface area (Å²) in [5.41, 5.74) is 1.77. The summed E-state index contributed by atoms with van der Waals surface area (Å²) in [5.74, 6) is 9.91. The summed E-state index contributed by atoms with van der Waals surface area (Å²) < 4.78 is 0. The monoisotopic (exact) mass is 188 g/mol. The van der Waals surface area contributed by atoms with Crippen LogP contribution in [-0.2, 0) is 4.79 Å². The molecule has 0 bridgehead atoms. The number of urea groups is 1. The summed E-state index contributed by atoms with van der Waals surface area (Å²) in [7, 11) is 0. The zero-order valence-electron chi connectivity index (χ0n) is 7.91. The molecular formula is C7H16N4O2. The van der Waals surface area contributed by atoms with Crippen molar-refractivity contribution in [3.63, 3.8) is 0 Å². The Morgan fingerprint density at radius 3 is 2.38 bits per heavy atom. The highest BCUT2D eigenvalue weighted by Gasteiger charge is 2.16. The van der Waals surface area contributed by atoms with Crippen molar-refractivity contribution in [3.05, 3.63) is 0 Å². The van der Waals surface area contributed by atoms with Crippen LogP contribution in [0.15, 0.2) is 0 Å². The molecule has 0 saturated heterocycles. The van der Waals surface area contributed by atoms with Gasteiger partial charge in [-0.15, -0.1) is 0 Å². The molecule has 0 saturated carbocycles. The molecule has 0 heterocycles. The highest BCUT2D eigenvalue weighted by Crippen LogP contribution is 2.04. The highest BCUT2D eigenvalue weighted by molar-refractivity contribution is 5.93. The third kappa shape index (κ3) is 4.44. The Morgan fingerprint density at radius 2 is 2.00 bits per heavy atom. The maximum Gasteiger partial charge on any atom is 0.352 e. The van der Waals surface area contributed by atoms with Gasteiger partial charge < -0.3 is 0 Å². The lowest BCUT2D eigenvalue weighted by Gasteiger charge is -2.13. The third-order valence-corrected chi connectivity index (χ3v) is 1.55. The number of amides is 3. The van der Waals surface area contributed by atoms with Crippen LogP contribution in [0.1, 0.15) is 26.7 Å². The summed E-state index contributed by atoms with van der Waals surface area (Å²) in [6.07, 6.45) is 0.950. The van der Waals surface area contributed by atoms with Gasteiger partial charge in [0.15, 0.2) is 0 Å². The van der Waals surface area contributed by atoms with Crippen LogP contribution in [0.2, 0.25) is 0 Å².